The van der Waals surface area contributed by atoms with Crippen LogP contribution in [-0.2, 0) is 22.4 Å². The Bertz CT molecular complexity index is 441. The molecule has 1 heteroatoms. The van der Waals surface area contributed by atoms with E-state index in [1.54, 1.807) is 10.6 Å². The third-order valence-corrected chi connectivity index (χ3v) is 7.28. The lowest BCUT2D eigenvalue weighted by Gasteiger charge is -2.27. The van der Waals surface area contributed by atoms with Crippen molar-refractivity contribution in [2.24, 2.45) is 0 Å². The van der Waals surface area contributed by atoms with Crippen LogP contribution in [0.3, 0.4) is 0 Å². The van der Waals surface area contributed by atoms with Crippen LogP contribution >= 0.6 is 7.53 Å². The summed E-state index contributed by atoms with van der Waals surface area (Å²) in [5.74, 6) is 0. The summed E-state index contributed by atoms with van der Waals surface area (Å²) in [5.41, 5.74) is 2.26. The van der Waals surface area contributed by atoms with E-state index in [0.29, 0.717) is 0 Å². The molecule has 0 spiro atoms. The minimum atomic E-state index is -0.145. The van der Waals surface area contributed by atoms with Crippen LogP contribution in [0.15, 0.2) is 12.1 Å². The van der Waals surface area contributed by atoms with Crippen molar-refractivity contribution >= 4 is 7.53 Å². The van der Waals surface area contributed by atoms with Crippen molar-refractivity contribution in [1.82, 2.24) is 0 Å². The summed E-state index contributed by atoms with van der Waals surface area (Å²) < 4.78 is 0. The maximum Gasteiger partial charge on any atom is 0.132 e. The second kappa shape index (κ2) is 5.45. The summed E-state index contributed by atoms with van der Waals surface area (Å²) in [6, 6.07) is 5.04. The summed E-state index contributed by atoms with van der Waals surface area (Å²) in [4.78, 5) is 0. The Balaban J connectivity index is 3.75. The zero-order valence-electron chi connectivity index (χ0n) is 15.3. The monoisotopic (exact) mass is 293 g/mol. The van der Waals surface area contributed by atoms with Gasteiger partial charge in [0.15, 0.2) is 0 Å². The van der Waals surface area contributed by atoms with E-state index in [4.69, 9.17) is 0 Å². The van der Waals surface area contributed by atoms with Crippen molar-refractivity contribution in [3.05, 3.63) is 28.3 Å². The summed E-state index contributed by atoms with van der Waals surface area (Å²) in [7, 11) is -0.145. The van der Waals surface area contributed by atoms with Gasteiger partial charge in [0.25, 0.3) is 0 Å². The average Bonchev–Trinajstić information content (AvgIpc) is 2.23. The third-order valence-electron chi connectivity index (χ3n) is 3.89. The Kier molecular flexibility index (Phi) is 4.82. The lowest BCUT2D eigenvalue weighted by Crippen LogP contribution is -2.20. The van der Waals surface area contributed by atoms with E-state index in [9.17, 15) is 0 Å². The molecule has 0 saturated carbocycles. The normalized spacial score (nSPS) is 13.7. The Morgan fingerprint density at radius 1 is 0.700 bits per heavy atom. The largest absolute Gasteiger partial charge is 0.132 e. The van der Waals surface area contributed by atoms with Gasteiger partial charge in [-0.2, -0.15) is 0 Å². The quantitative estimate of drug-likeness (QED) is 0.530. The molecule has 0 aliphatic rings. The summed E-state index contributed by atoms with van der Waals surface area (Å²) in [6.07, 6.45) is 1.26. The third kappa shape index (κ3) is 3.85. The molecule has 0 fully saturated rings. The minimum Gasteiger partial charge on any atom is -0.0561 e. The molecule has 0 amide bonds. The van der Waals surface area contributed by atoms with Gasteiger partial charge in [-0.15, -0.1) is 0 Å². The van der Waals surface area contributed by atoms with E-state index in [0.717, 1.165) is 0 Å². The highest BCUT2D eigenvalue weighted by Gasteiger charge is 2.35. The van der Waals surface area contributed by atoms with Gasteiger partial charge in [-0.25, -0.2) is 0 Å². The molecule has 0 aliphatic carbocycles. The molecule has 0 atom stereocenters. The van der Waals surface area contributed by atoms with E-state index in [-0.39, 0.29) is 23.8 Å². The van der Waals surface area contributed by atoms with Crippen molar-refractivity contribution < 1.29 is 0 Å². The van der Waals surface area contributed by atoms with Crippen LogP contribution in [0.4, 0.5) is 0 Å². The van der Waals surface area contributed by atoms with Crippen LogP contribution in [0.1, 0.15) is 85.4 Å². The fourth-order valence-corrected chi connectivity index (χ4v) is 5.79. The molecule has 0 nitrogen and oxygen atoms in total. The van der Waals surface area contributed by atoms with Gasteiger partial charge in [0.05, 0.1) is 0 Å². The molecular formula is C19H34P+. The summed E-state index contributed by atoms with van der Waals surface area (Å²) in [5, 5.41) is 3.35. The average molecular weight is 293 g/mol. The van der Waals surface area contributed by atoms with Crippen LogP contribution in [0.2, 0.25) is 0 Å². The molecule has 0 aliphatic heterocycles. The zero-order valence-corrected chi connectivity index (χ0v) is 16.2. The Labute approximate surface area is 128 Å². The highest BCUT2D eigenvalue weighted by molar-refractivity contribution is 7.50. The van der Waals surface area contributed by atoms with E-state index in [2.05, 4.69) is 81.4 Å². The van der Waals surface area contributed by atoms with Crippen molar-refractivity contribution in [1.29, 1.82) is 0 Å². The standard InChI is InChI=1S/C19H34P/c1-11-20-15(18(5,6)7)12-14(17(2,3)4)13-16(20)19(8,9)10/h12-13H,11H2,1-10H3/q+1. The summed E-state index contributed by atoms with van der Waals surface area (Å²) in [6.45, 7) is 23.6. The molecule has 1 aromatic heterocycles. The van der Waals surface area contributed by atoms with Gasteiger partial charge in [-0.05, 0) is 30.0 Å². The molecule has 0 bridgehead atoms. The second-order valence-corrected chi connectivity index (χ2v) is 11.5. The summed E-state index contributed by atoms with van der Waals surface area (Å²) >= 11 is 0. The highest BCUT2D eigenvalue weighted by atomic mass is 31.1. The lowest BCUT2D eigenvalue weighted by atomic mass is 9.83. The fraction of sp³-hybridized carbons (Fsp3) is 0.737. The first-order chi connectivity index (χ1) is 8.78. The molecule has 0 radical (unpaired) electrons. The molecule has 0 unspecified atom stereocenters. The van der Waals surface area contributed by atoms with Gasteiger partial charge >= 0.3 is 0 Å². The van der Waals surface area contributed by atoms with Crippen molar-refractivity contribution in [2.45, 2.75) is 91.6 Å². The lowest BCUT2D eigenvalue weighted by molar-refractivity contribution is 0.564. The predicted molar refractivity (Wildman–Crippen MR) is 95.3 cm³/mol. The van der Waals surface area contributed by atoms with Crippen LogP contribution in [0.5, 0.6) is 0 Å². The van der Waals surface area contributed by atoms with Gasteiger partial charge in [0.1, 0.15) is 24.3 Å². The first kappa shape index (κ1) is 17.7. The van der Waals surface area contributed by atoms with Crippen molar-refractivity contribution in [3.8, 4) is 0 Å². The molecular weight excluding hydrogens is 259 g/mol. The molecule has 114 valence electrons. The number of hydrogen-bond donors (Lipinski definition) is 0. The molecule has 20 heavy (non-hydrogen) atoms. The Hall–Kier alpha value is -0.350. The Morgan fingerprint density at radius 3 is 1.25 bits per heavy atom. The molecule has 1 heterocycles. The van der Waals surface area contributed by atoms with Crippen LogP contribution in [0, 0.1) is 0 Å². The van der Waals surface area contributed by atoms with Crippen LogP contribution < -0.4 is 0 Å². The first-order valence-corrected chi connectivity index (χ1v) is 9.40. The molecule has 1 rings (SSSR count). The second-order valence-electron chi connectivity index (χ2n) is 9.01. The molecule has 0 N–H and O–H groups in total. The minimum absolute atomic E-state index is 0.145. The molecule has 1 aromatic rings. The van der Waals surface area contributed by atoms with E-state index in [1.807, 2.05) is 0 Å². The highest BCUT2D eigenvalue weighted by Crippen LogP contribution is 2.50. The van der Waals surface area contributed by atoms with Crippen molar-refractivity contribution in [3.63, 3.8) is 0 Å². The van der Waals surface area contributed by atoms with Crippen LogP contribution in [0.25, 0.3) is 0 Å². The predicted octanol–water partition coefficient (Wildman–Crippen LogP) is 6.87. The topological polar surface area (TPSA) is 0 Å². The zero-order chi connectivity index (χ0) is 15.9. The smallest absolute Gasteiger partial charge is 0.0561 e. The Morgan fingerprint density at radius 2 is 1.05 bits per heavy atom. The van der Waals surface area contributed by atoms with E-state index in [1.165, 1.54) is 11.7 Å². The fourth-order valence-electron chi connectivity index (χ4n) is 2.64. The number of hydrogen-bond acceptors (Lipinski definition) is 0. The first-order valence-electron chi connectivity index (χ1n) is 7.88. The van der Waals surface area contributed by atoms with Gasteiger partial charge in [0, 0.05) is 10.8 Å². The van der Waals surface area contributed by atoms with Gasteiger partial charge in [0.2, 0.25) is 0 Å². The van der Waals surface area contributed by atoms with Gasteiger partial charge < -0.3 is 0 Å². The maximum absolute atomic E-state index is 2.52. The maximum atomic E-state index is 2.52. The van der Waals surface area contributed by atoms with Crippen molar-refractivity contribution in [2.75, 3.05) is 0 Å². The van der Waals surface area contributed by atoms with Gasteiger partial charge in [-0.1, -0.05) is 62.3 Å². The molecule has 0 saturated heterocycles. The SMILES string of the molecule is CC[p+]1c(C(C)(C)C)cc(C(C)(C)C)cc1C(C)(C)C. The van der Waals surface area contributed by atoms with E-state index < -0.39 is 0 Å². The van der Waals surface area contributed by atoms with E-state index >= 15 is 0 Å². The van der Waals surface area contributed by atoms with Crippen LogP contribution in [-0.4, -0.2) is 0 Å². The number of rotatable bonds is 1. The molecule has 0 aromatic carbocycles. The van der Waals surface area contributed by atoms with Gasteiger partial charge in [-0.3, -0.25) is 0 Å².